The van der Waals surface area contributed by atoms with Crippen molar-refractivity contribution in [2.75, 3.05) is 17.7 Å². The number of hydrogen-bond donors (Lipinski definition) is 2. The summed E-state index contributed by atoms with van der Waals surface area (Å²) < 4.78 is 0. The minimum Gasteiger partial charge on any atom is -0.385 e. The molecule has 0 atom stereocenters. The SMILES string of the molecule is CNc1cnc(C(C)C)nc1C(=O)Nc1cnccn1. The van der Waals surface area contributed by atoms with Gasteiger partial charge in [-0.2, -0.15) is 0 Å². The average Bonchev–Trinajstić information content (AvgIpc) is 2.47. The van der Waals surface area contributed by atoms with Crippen molar-refractivity contribution in [2.24, 2.45) is 0 Å². The summed E-state index contributed by atoms with van der Waals surface area (Å²) in [5, 5.41) is 5.56. The zero-order valence-corrected chi connectivity index (χ0v) is 11.6. The second-order valence-corrected chi connectivity index (χ2v) is 4.44. The Hall–Kier alpha value is -2.57. The molecule has 2 aromatic heterocycles. The van der Waals surface area contributed by atoms with Gasteiger partial charge >= 0.3 is 0 Å². The summed E-state index contributed by atoms with van der Waals surface area (Å²) in [5.41, 5.74) is 0.854. The molecule has 1 amide bonds. The number of carbonyl (C=O) groups excluding carboxylic acids is 1. The molecular formula is C13H16N6O. The van der Waals surface area contributed by atoms with Gasteiger partial charge in [0, 0.05) is 25.4 Å². The Labute approximate surface area is 116 Å². The smallest absolute Gasteiger partial charge is 0.277 e. The van der Waals surface area contributed by atoms with E-state index >= 15 is 0 Å². The fourth-order valence-electron chi connectivity index (χ4n) is 1.57. The number of aromatic nitrogens is 4. The third-order valence-electron chi connectivity index (χ3n) is 2.61. The lowest BCUT2D eigenvalue weighted by Gasteiger charge is -2.11. The van der Waals surface area contributed by atoms with Gasteiger partial charge in [-0.3, -0.25) is 9.78 Å². The molecule has 0 spiro atoms. The van der Waals surface area contributed by atoms with Crippen molar-refractivity contribution in [1.29, 1.82) is 0 Å². The van der Waals surface area contributed by atoms with Gasteiger partial charge < -0.3 is 10.6 Å². The van der Waals surface area contributed by atoms with Crippen molar-refractivity contribution in [2.45, 2.75) is 19.8 Å². The van der Waals surface area contributed by atoms with E-state index in [4.69, 9.17) is 0 Å². The van der Waals surface area contributed by atoms with Crippen LogP contribution in [0.15, 0.2) is 24.8 Å². The lowest BCUT2D eigenvalue weighted by atomic mass is 10.2. The lowest BCUT2D eigenvalue weighted by Crippen LogP contribution is -2.18. The highest BCUT2D eigenvalue weighted by atomic mass is 16.2. The first kappa shape index (κ1) is 13.9. The van der Waals surface area contributed by atoms with Crippen LogP contribution in [0, 0.1) is 0 Å². The standard InChI is InChI=1S/C13H16N6O/c1-8(2)12-17-6-9(14-3)11(19-12)13(20)18-10-7-15-4-5-16-10/h4-8,14H,1-3H3,(H,16,18,20). The number of nitrogens with one attached hydrogen (secondary N) is 2. The fraction of sp³-hybridized carbons (Fsp3) is 0.308. The molecule has 7 nitrogen and oxygen atoms in total. The first-order valence-corrected chi connectivity index (χ1v) is 6.24. The summed E-state index contributed by atoms with van der Waals surface area (Å²) >= 11 is 0. The van der Waals surface area contributed by atoms with Gasteiger partial charge in [-0.15, -0.1) is 0 Å². The van der Waals surface area contributed by atoms with Gasteiger partial charge in [-0.05, 0) is 0 Å². The maximum atomic E-state index is 12.3. The van der Waals surface area contributed by atoms with Gasteiger partial charge in [0.2, 0.25) is 0 Å². The van der Waals surface area contributed by atoms with Gasteiger partial charge in [-0.1, -0.05) is 13.8 Å². The first-order valence-electron chi connectivity index (χ1n) is 6.24. The van der Waals surface area contributed by atoms with Gasteiger partial charge in [0.1, 0.15) is 5.82 Å². The van der Waals surface area contributed by atoms with E-state index in [0.29, 0.717) is 17.3 Å². The molecule has 0 aliphatic carbocycles. The average molecular weight is 272 g/mol. The Morgan fingerprint density at radius 3 is 2.60 bits per heavy atom. The molecule has 2 aromatic rings. The molecule has 0 aliphatic rings. The number of anilines is 2. The van der Waals surface area contributed by atoms with Crippen LogP contribution in [-0.2, 0) is 0 Å². The van der Waals surface area contributed by atoms with Crippen LogP contribution in [0.5, 0.6) is 0 Å². The van der Waals surface area contributed by atoms with E-state index in [1.54, 1.807) is 13.2 Å². The normalized spacial score (nSPS) is 10.4. The minimum atomic E-state index is -0.348. The lowest BCUT2D eigenvalue weighted by molar-refractivity contribution is 0.102. The second-order valence-electron chi connectivity index (χ2n) is 4.44. The highest BCUT2D eigenvalue weighted by Gasteiger charge is 2.16. The van der Waals surface area contributed by atoms with Crippen LogP contribution in [0.1, 0.15) is 36.1 Å². The van der Waals surface area contributed by atoms with Crippen LogP contribution in [-0.4, -0.2) is 32.9 Å². The topological polar surface area (TPSA) is 92.7 Å². The minimum absolute atomic E-state index is 0.143. The molecule has 0 saturated carbocycles. The van der Waals surface area contributed by atoms with Crippen LogP contribution in [0.4, 0.5) is 11.5 Å². The van der Waals surface area contributed by atoms with E-state index in [2.05, 4.69) is 30.6 Å². The van der Waals surface area contributed by atoms with E-state index in [-0.39, 0.29) is 17.5 Å². The van der Waals surface area contributed by atoms with Crippen LogP contribution in [0.2, 0.25) is 0 Å². The third-order valence-corrected chi connectivity index (χ3v) is 2.61. The number of nitrogens with zero attached hydrogens (tertiary/aromatic N) is 4. The van der Waals surface area contributed by atoms with Crippen molar-refractivity contribution >= 4 is 17.4 Å². The van der Waals surface area contributed by atoms with Crippen LogP contribution >= 0.6 is 0 Å². The molecule has 2 heterocycles. The zero-order valence-electron chi connectivity index (χ0n) is 11.6. The Bertz CT molecular complexity index is 599. The Morgan fingerprint density at radius 2 is 2.00 bits per heavy atom. The molecular weight excluding hydrogens is 256 g/mol. The molecule has 7 heteroatoms. The number of amides is 1. The summed E-state index contributed by atoms with van der Waals surface area (Å²) in [5.74, 6) is 0.792. The molecule has 0 unspecified atom stereocenters. The van der Waals surface area contributed by atoms with Gasteiger partial charge in [0.05, 0.1) is 18.1 Å². The van der Waals surface area contributed by atoms with E-state index < -0.39 is 0 Å². The first-order chi connectivity index (χ1) is 9.61. The number of carbonyl (C=O) groups is 1. The predicted octanol–water partition coefficient (Wildman–Crippen LogP) is 1.68. The monoisotopic (exact) mass is 272 g/mol. The Balaban J connectivity index is 2.30. The quantitative estimate of drug-likeness (QED) is 0.879. The third kappa shape index (κ3) is 3.05. The fourth-order valence-corrected chi connectivity index (χ4v) is 1.57. The van der Waals surface area contributed by atoms with Crippen LogP contribution in [0.25, 0.3) is 0 Å². The summed E-state index contributed by atoms with van der Waals surface area (Å²) in [4.78, 5) is 28.7. The predicted molar refractivity (Wildman–Crippen MR) is 75.7 cm³/mol. The van der Waals surface area contributed by atoms with Crippen LogP contribution < -0.4 is 10.6 Å². The second kappa shape index (κ2) is 6.05. The van der Waals surface area contributed by atoms with Crippen molar-refractivity contribution < 1.29 is 4.79 Å². The largest absolute Gasteiger partial charge is 0.385 e. The summed E-state index contributed by atoms with van der Waals surface area (Å²) in [7, 11) is 1.72. The molecule has 0 aliphatic heterocycles. The Kier molecular flexibility index (Phi) is 4.19. The maximum absolute atomic E-state index is 12.3. The highest BCUT2D eigenvalue weighted by Crippen LogP contribution is 2.16. The van der Waals surface area contributed by atoms with E-state index in [1.165, 1.54) is 18.6 Å². The highest BCUT2D eigenvalue weighted by molar-refractivity contribution is 6.05. The summed E-state index contributed by atoms with van der Waals surface area (Å²) in [6.07, 6.45) is 6.12. The van der Waals surface area contributed by atoms with E-state index in [9.17, 15) is 4.79 Å². The molecule has 0 bridgehead atoms. The maximum Gasteiger partial charge on any atom is 0.277 e. The van der Waals surface area contributed by atoms with Crippen molar-refractivity contribution in [3.63, 3.8) is 0 Å². The van der Waals surface area contributed by atoms with Gasteiger partial charge in [-0.25, -0.2) is 15.0 Å². The van der Waals surface area contributed by atoms with Crippen LogP contribution in [0.3, 0.4) is 0 Å². The number of hydrogen-bond acceptors (Lipinski definition) is 6. The summed E-state index contributed by atoms with van der Waals surface area (Å²) in [6.45, 7) is 3.94. The molecule has 104 valence electrons. The van der Waals surface area contributed by atoms with E-state index in [0.717, 1.165) is 0 Å². The molecule has 2 rings (SSSR count). The molecule has 0 saturated heterocycles. The van der Waals surface area contributed by atoms with Gasteiger partial charge in [0.25, 0.3) is 5.91 Å². The zero-order chi connectivity index (χ0) is 14.5. The Morgan fingerprint density at radius 1 is 1.20 bits per heavy atom. The van der Waals surface area contributed by atoms with Crippen molar-refractivity contribution in [3.8, 4) is 0 Å². The van der Waals surface area contributed by atoms with Crippen molar-refractivity contribution in [1.82, 2.24) is 19.9 Å². The molecule has 0 radical (unpaired) electrons. The summed E-state index contributed by atoms with van der Waals surface area (Å²) in [6, 6.07) is 0. The number of rotatable bonds is 4. The van der Waals surface area contributed by atoms with E-state index in [1.807, 2.05) is 13.8 Å². The molecule has 2 N–H and O–H groups in total. The molecule has 0 fully saturated rings. The molecule has 20 heavy (non-hydrogen) atoms. The molecule has 0 aromatic carbocycles. The van der Waals surface area contributed by atoms with Gasteiger partial charge in [0.15, 0.2) is 11.5 Å². The van der Waals surface area contributed by atoms with Crippen molar-refractivity contribution in [3.05, 3.63) is 36.3 Å².